The summed E-state index contributed by atoms with van der Waals surface area (Å²) >= 11 is 0. The lowest BCUT2D eigenvalue weighted by Gasteiger charge is -2.13. The van der Waals surface area contributed by atoms with Crippen LogP contribution in [0.25, 0.3) is 5.82 Å². The van der Waals surface area contributed by atoms with Gasteiger partial charge in [-0.05, 0) is 19.1 Å². The zero-order chi connectivity index (χ0) is 17.3. The van der Waals surface area contributed by atoms with E-state index in [-0.39, 0.29) is 17.1 Å². The number of carbonyl (C=O) groups is 1. The first-order valence-electron chi connectivity index (χ1n) is 7.61. The van der Waals surface area contributed by atoms with Crippen LogP contribution in [-0.2, 0) is 5.41 Å². The molecule has 3 aromatic rings. The van der Waals surface area contributed by atoms with Crippen LogP contribution in [0.3, 0.4) is 0 Å². The van der Waals surface area contributed by atoms with Gasteiger partial charge in [0.15, 0.2) is 5.82 Å². The summed E-state index contributed by atoms with van der Waals surface area (Å²) in [5.74, 6) is 0.918. The summed E-state index contributed by atoms with van der Waals surface area (Å²) in [6.45, 7) is 7.94. The molecule has 0 aliphatic carbocycles. The van der Waals surface area contributed by atoms with E-state index in [1.54, 1.807) is 23.9 Å². The molecule has 7 heteroatoms. The fraction of sp³-hybridized carbons (Fsp3) is 0.294. The van der Waals surface area contributed by atoms with Crippen molar-refractivity contribution < 1.29 is 9.32 Å². The molecule has 3 aromatic heterocycles. The van der Waals surface area contributed by atoms with Crippen molar-refractivity contribution in [2.75, 3.05) is 5.32 Å². The van der Waals surface area contributed by atoms with Crippen LogP contribution in [-0.4, -0.2) is 25.8 Å². The third-order valence-corrected chi connectivity index (χ3v) is 3.44. The molecule has 0 fully saturated rings. The van der Waals surface area contributed by atoms with Crippen molar-refractivity contribution in [3.63, 3.8) is 0 Å². The summed E-state index contributed by atoms with van der Waals surface area (Å²) in [6.07, 6.45) is 1.68. The van der Waals surface area contributed by atoms with E-state index in [0.717, 1.165) is 5.69 Å². The van der Waals surface area contributed by atoms with Gasteiger partial charge in [-0.2, -0.15) is 9.78 Å². The Kier molecular flexibility index (Phi) is 3.92. The van der Waals surface area contributed by atoms with Crippen molar-refractivity contribution in [1.82, 2.24) is 19.9 Å². The summed E-state index contributed by atoms with van der Waals surface area (Å²) in [5.41, 5.74) is 1.33. The molecule has 3 rings (SSSR count). The van der Waals surface area contributed by atoms with Crippen molar-refractivity contribution in [2.45, 2.75) is 33.1 Å². The molecular weight excluding hydrogens is 306 g/mol. The van der Waals surface area contributed by atoms with E-state index >= 15 is 0 Å². The summed E-state index contributed by atoms with van der Waals surface area (Å²) in [5, 5.41) is 11.1. The van der Waals surface area contributed by atoms with Gasteiger partial charge in [0, 0.05) is 23.7 Å². The average molecular weight is 325 g/mol. The number of carbonyl (C=O) groups excluding carboxylic acids is 1. The topological polar surface area (TPSA) is 85.8 Å². The predicted molar refractivity (Wildman–Crippen MR) is 89.3 cm³/mol. The Hall–Kier alpha value is -2.96. The quantitative estimate of drug-likeness (QED) is 0.799. The maximum absolute atomic E-state index is 12.4. The van der Waals surface area contributed by atoms with Gasteiger partial charge in [-0.1, -0.05) is 32.0 Å². The van der Waals surface area contributed by atoms with Gasteiger partial charge in [0.05, 0.1) is 11.4 Å². The number of amides is 1. The van der Waals surface area contributed by atoms with Crippen LogP contribution in [0.5, 0.6) is 0 Å². The van der Waals surface area contributed by atoms with Gasteiger partial charge in [0.2, 0.25) is 5.76 Å². The van der Waals surface area contributed by atoms with Crippen LogP contribution in [0.2, 0.25) is 0 Å². The average Bonchev–Trinajstić information content (AvgIpc) is 3.14. The van der Waals surface area contributed by atoms with Crippen molar-refractivity contribution in [3.05, 3.63) is 53.7 Å². The lowest BCUT2D eigenvalue weighted by atomic mass is 9.92. The molecule has 1 amide bonds. The molecule has 0 saturated carbocycles. The van der Waals surface area contributed by atoms with E-state index in [0.29, 0.717) is 17.3 Å². The highest BCUT2D eigenvalue weighted by atomic mass is 16.5. The Morgan fingerprint density at radius 1 is 1.25 bits per heavy atom. The molecule has 1 N–H and O–H groups in total. The van der Waals surface area contributed by atoms with Crippen molar-refractivity contribution in [1.29, 1.82) is 0 Å². The molecule has 0 spiro atoms. The normalized spacial score (nSPS) is 11.5. The van der Waals surface area contributed by atoms with Crippen LogP contribution < -0.4 is 5.32 Å². The highest BCUT2D eigenvalue weighted by Gasteiger charge is 2.23. The van der Waals surface area contributed by atoms with Crippen LogP contribution in [0.15, 0.2) is 41.1 Å². The fourth-order valence-electron chi connectivity index (χ4n) is 2.14. The minimum Gasteiger partial charge on any atom is -0.351 e. The van der Waals surface area contributed by atoms with Gasteiger partial charge in [-0.3, -0.25) is 4.79 Å². The number of nitrogens with one attached hydrogen (secondary N) is 1. The van der Waals surface area contributed by atoms with Gasteiger partial charge in [-0.25, -0.2) is 4.98 Å². The zero-order valence-corrected chi connectivity index (χ0v) is 14.1. The number of nitrogens with zero attached hydrogens (tertiary/aromatic N) is 4. The maximum Gasteiger partial charge on any atom is 0.295 e. The minimum absolute atomic E-state index is 0.151. The molecule has 0 aromatic carbocycles. The van der Waals surface area contributed by atoms with E-state index in [2.05, 4.69) is 41.3 Å². The van der Waals surface area contributed by atoms with E-state index in [1.807, 2.05) is 24.3 Å². The molecule has 0 radical (unpaired) electrons. The third kappa shape index (κ3) is 3.19. The van der Waals surface area contributed by atoms with Crippen LogP contribution in [0, 0.1) is 6.92 Å². The Bertz CT molecular complexity index is 859. The number of hydrogen-bond donors (Lipinski definition) is 1. The van der Waals surface area contributed by atoms with E-state index in [9.17, 15) is 4.79 Å². The lowest BCUT2D eigenvalue weighted by Crippen LogP contribution is -2.15. The second kappa shape index (κ2) is 5.92. The SMILES string of the molecule is Cc1cc(C(=O)Nc2cc(C(C)(C)C)nn2-c2ccccn2)on1. The number of rotatable bonds is 3. The Morgan fingerprint density at radius 2 is 2.04 bits per heavy atom. The monoisotopic (exact) mass is 325 g/mol. The molecule has 0 aliphatic rings. The number of anilines is 1. The van der Waals surface area contributed by atoms with Crippen LogP contribution in [0.1, 0.15) is 42.7 Å². The molecule has 0 bridgehead atoms. The smallest absolute Gasteiger partial charge is 0.295 e. The Labute approximate surface area is 139 Å². The van der Waals surface area contributed by atoms with E-state index in [1.165, 1.54) is 0 Å². The van der Waals surface area contributed by atoms with Crippen LogP contribution in [0.4, 0.5) is 5.82 Å². The van der Waals surface area contributed by atoms with Crippen molar-refractivity contribution >= 4 is 11.7 Å². The lowest BCUT2D eigenvalue weighted by molar-refractivity contribution is 0.0987. The highest BCUT2D eigenvalue weighted by molar-refractivity contribution is 6.01. The van der Waals surface area contributed by atoms with Gasteiger partial charge < -0.3 is 9.84 Å². The largest absolute Gasteiger partial charge is 0.351 e. The fourth-order valence-corrected chi connectivity index (χ4v) is 2.14. The number of hydrogen-bond acceptors (Lipinski definition) is 5. The van der Waals surface area contributed by atoms with Gasteiger partial charge in [0.25, 0.3) is 5.91 Å². The summed E-state index contributed by atoms with van der Waals surface area (Å²) in [7, 11) is 0. The Balaban J connectivity index is 1.99. The molecule has 3 heterocycles. The molecule has 124 valence electrons. The molecule has 0 saturated heterocycles. The number of aryl methyl sites for hydroxylation is 1. The minimum atomic E-state index is -0.381. The molecule has 24 heavy (non-hydrogen) atoms. The maximum atomic E-state index is 12.4. The van der Waals surface area contributed by atoms with E-state index in [4.69, 9.17) is 4.52 Å². The number of aromatic nitrogens is 4. The second-order valence-electron chi connectivity index (χ2n) is 6.55. The summed E-state index contributed by atoms with van der Waals surface area (Å²) in [6, 6.07) is 8.95. The molecule has 0 unspecified atom stereocenters. The zero-order valence-electron chi connectivity index (χ0n) is 14.1. The standard InChI is InChI=1S/C17H19N5O2/c1-11-9-12(24-21-11)16(23)19-15-10-13(17(2,3)4)20-22(15)14-7-5-6-8-18-14/h5-10H,1-4H3,(H,19,23). The second-order valence-corrected chi connectivity index (χ2v) is 6.55. The molecule has 0 aliphatic heterocycles. The number of pyridine rings is 1. The van der Waals surface area contributed by atoms with Gasteiger partial charge in [-0.15, -0.1) is 0 Å². The van der Waals surface area contributed by atoms with Gasteiger partial charge >= 0.3 is 0 Å². The molecule has 0 atom stereocenters. The summed E-state index contributed by atoms with van der Waals surface area (Å²) < 4.78 is 6.62. The van der Waals surface area contributed by atoms with Crippen molar-refractivity contribution in [3.8, 4) is 5.82 Å². The predicted octanol–water partition coefficient (Wildman–Crippen LogP) is 3.11. The third-order valence-electron chi connectivity index (χ3n) is 3.44. The highest BCUT2D eigenvalue weighted by Crippen LogP contribution is 2.26. The molecular formula is C17H19N5O2. The first kappa shape index (κ1) is 15.9. The first-order chi connectivity index (χ1) is 11.3. The van der Waals surface area contributed by atoms with Crippen molar-refractivity contribution in [2.24, 2.45) is 0 Å². The Morgan fingerprint density at radius 3 is 2.62 bits per heavy atom. The van der Waals surface area contributed by atoms with Crippen LogP contribution >= 0.6 is 0 Å². The molecule has 7 nitrogen and oxygen atoms in total. The first-order valence-corrected chi connectivity index (χ1v) is 7.61. The van der Waals surface area contributed by atoms with E-state index < -0.39 is 0 Å². The summed E-state index contributed by atoms with van der Waals surface area (Å²) in [4.78, 5) is 16.7. The van der Waals surface area contributed by atoms with Gasteiger partial charge in [0.1, 0.15) is 5.82 Å².